The largest absolute Gasteiger partial charge is 0.459 e. The summed E-state index contributed by atoms with van der Waals surface area (Å²) in [6.07, 6.45) is 6.34. The van der Waals surface area contributed by atoms with Gasteiger partial charge in [-0.3, -0.25) is 4.90 Å². The molecule has 1 aromatic carbocycles. The number of rotatable bonds is 6. The van der Waals surface area contributed by atoms with Gasteiger partial charge in [-0.15, -0.1) is 0 Å². The van der Waals surface area contributed by atoms with Crippen LogP contribution in [0.15, 0.2) is 16.5 Å². The van der Waals surface area contributed by atoms with E-state index in [0.717, 1.165) is 74.0 Å². The van der Waals surface area contributed by atoms with Gasteiger partial charge >= 0.3 is 6.03 Å². The summed E-state index contributed by atoms with van der Waals surface area (Å²) in [5, 5.41) is 7.73. The SMILES string of the molecule is CN(C)CCCN(C)Cc1cc2cc(Cl)c3c(c2o1)C1(CCCCC1)NC(=O)N3. The number of anilines is 1. The fraction of sp³-hybridized carbons (Fsp3) is 0.591. The Morgan fingerprint density at radius 1 is 1.14 bits per heavy atom. The van der Waals surface area contributed by atoms with E-state index >= 15 is 0 Å². The van der Waals surface area contributed by atoms with Gasteiger partial charge in [0.25, 0.3) is 0 Å². The number of urea groups is 1. The summed E-state index contributed by atoms with van der Waals surface area (Å²) < 4.78 is 6.38. The highest BCUT2D eigenvalue weighted by atomic mass is 35.5. The number of halogens is 1. The lowest BCUT2D eigenvalue weighted by Crippen LogP contribution is -2.52. The van der Waals surface area contributed by atoms with Crippen molar-refractivity contribution in [3.8, 4) is 0 Å². The second kappa shape index (κ2) is 8.17. The van der Waals surface area contributed by atoms with Gasteiger partial charge in [-0.05, 0) is 65.6 Å². The third kappa shape index (κ3) is 4.11. The smallest absolute Gasteiger partial charge is 0.319 e. The zero-order chi connectivity index (χ0) is 20.6. The predicted octanol–water partition coefficient (Wildman–Crippen LogP) is 4.76. The maximum absolute atomic E-state index is 12.4. The van der Waals surface area contributed by atoms with Gasteiger partial charge in [-0.25, -0.2) is 4.79 Å². The number of hydrogen-bond donors (Lipinski definition) is 2. The first-order chi connectivity index (χ1) is 13.9. The van der Waals surface area contributed by atoms with Crippen molar-refractivity contribution in [2.45, 2.75) is 50.6 Å². The number of nitrogens with one attached hydrogen (secondary N) is 2. The molecule has 1 saturated carbocycles. The lowest BCUT2D eigenvalue weighted by atomic mass is 9.74. The molecule has 7 heteroatoms. The molecule has 1 aliphatic heterocycles. The molecule has 1 aliphatic carbocycles. The zero-order valence-corrected chi connectivity index (χ0v) is 18.4. The van der Waals surface area contributed by atoms with Crippen LogP contribution in [-0.4, -0.2) is 50.1 Å². The molecule has 2 aliphatic rings. The van der Waals surface area contributed by atoms with Crippen molar-refractivity contribution in [1.82, 2.24) is 15.1 Å². The van der Waals surface area contributed by atoms with Crippen LogP contribution < -0.4 is 10.6 Å². The highest BCUT2D eigenvalue weighted by Crippen LogP contribution is 2.48. The average molecular weight is 419 g/mol. The third-order valence-electron chi connectivity index (χ3n) is 6.16. The summed E-state index contributed by atoms with van der Waals surface area (Å²) >= 11 is 6.60. The van der Waals surface area contributed by atoms with Crippen molar-refractivity contribution in [3.05, 3.63) is 28.5 Å². The fourth-order valence-corrected chi connectivity index (χ4v) is 5.08. The summed E-state index contributed by atoms with van der Waals surface area (Å²) in [5.74, 6) is 0.930. The molecule has 0 atom stereocenters. The quantitative estimate of drug-likeness (QED) is 0.709. The molecular formula is C22H31ClN4O2. The van der Waals surface area contributed by atoms with Crippen LogP contribution in [0.3, 0.4) is 0 Å². The van der Waals surface area contributed by atoms with E-state index < -0.39 is 0 Å². The molecule has 2 aromatic rings. The molecule has 158 valence electrons. The minimum Gasteiger partial charge on any atom is -0.459 e. The first-order valence-corrected chi connectivity index (χ1v) is 10.9. The lowest BCUT2D eigenvalue weighted by molar-refractivity contribution is 0.208. The van der Waals surface area contributed by atoms with Crippen LogP contribution in [0.1, 0.15) is 49.8 Å². The Morgan fingerprint density at radius 2 is 1.90 bits per heavy atom. The maximum atomic E-state index is 12.4. The van der Waals surface area contributed by atoms with Gasteiger partial charge in [0, 0.05) is 10.9 Å². The fourth-order valence-electron chi connectivity index (χ4n) is 4.82. The van der Waals surface area contributed by atoms with Crippen LogP contribution in [0, 0.1) is 0 Å². The van der Waals surface area contributed by atoms with E-state index in [1.807, 2.05) is 6.07 Å². The Morgan fingerprint density at radius 3 is 2.62 bits per heavy atom. The van der Waals surface area contributed by atoms with Gasteiger partial charge < -0.3 is 20.0 Å². The number of carbonyl (C=O) groups is 1. The molecule has 2 heterocycles. The van der Waals surface area contributed by atoms with E-state index in [-0.39, 0.29) is 11.6 Å². The monoisotopic (exact) mass is 418 g/mol. The van der Waals surface area contributed by atoms with Gasteiger partial charge in [0.05, 0.1) is 22.8 Å². The van der Waals surface area contributed by atoms with Crippen LogP contribution in [0.25, 0.3) is 11.0 Å². The molecule has 29 heavy (non-hydrogen) atoms. The summed E-state index contributed by atoms with van der Waals surface area (Å²) in [5.41, 5.74) is 2.22. The normalized spacial score (nSPS) is 18.3. The first-order valence-electron chi connectivity index (χ1n) is 10.6. The Bertz CT molecular complexity index is 902. The van der Waals surface area contributed by atoms with Crippen molar-refractivity contribution >= 4 is 34.3 Å². The summed E-state index contributed by atoms with van der Waals surface area (Å²) in [4.78, 5) is 16.9. The number of fused-ring (bicyclic) bond motifs is 4. The summed E-state index contributed by atoms with van der Waals surface area (Å²) in [6.45, 7) is 2.83. The Balaban J connectivity index is 1.67. The summed E-state index contributed by atoms with van der Waals surface area (Å²) in [6, 6.07) is 3.83. The minimum absolute atomic E-state index is 0.173. The Hall–Kier alpha value is -1.76. The molecule has 1 fully saturated rings. The van der Waals surface area contributed by atoms with Gasteiger partial charge in [0.1, 0.15) is 11.3 Å². The number of nitrogens with zero attached hydrogens (tertiary/aromatic N) is 2. The van der Waals surface area contributed by atoms with Crippen LogP contribution >= 0.6 is 11.6 Å². The molecule has 4 rings (SSSR count). The first kappa shape index (κ1) is 20.5. The molecule has 6 nitrogen and oxygen atoms in total. The second-order valence-electron chi connectivity index (χ2n) is 8.86. The van der Waals surface area contributed by atoms with Gasteiger partial charge in [-0.2, -0.15) is 0 Å². The second-order valence-corrected chi connectivity index (χ2v) is 9.26. The molecular weight excluding hydrogens is 388 g/mol. The van der Waals surface area contributed by atoms with E-state index in [0.29, 0.717) is 10.7 Å². The van der Waals surface area contributed by atoms with E-state index in [9.17, 15) is 4.79 Å². The zero-order valence-electron chi connectivity index (χ0n) is 17.6. The molecule has 0 saturated heterocycles. The highest BCUT2D eigenvalue weighted by molar-refractivity contribution is 6.35. The predicted molar refractivity (Wildman–Crippen MR) is 118 cm³/mol. The molecule has 0 bridgehead atoms. The topological polar surface area (TPSA) is 60.8 Å². The van der Waals surface area contributed by atoms with Crippen LogP contribution in [-0.2, 0) is 12.1 Å². The third-order valence-corrected chi connectivity index (χ3v) is 6.46. The molecule has 2 amide bonds. The summed E-state index contributed by atoms with van der Waals surface area (Å²) in [7, 11) is 6.32. The van der Waals surface area contributed by atoms with Crippen LogP contribution in [0.4, 0.5) is 10.5 Å². The molecule has 0 radical (unpaired) electrons. The van der Waals surface area contributed by atoms with Crippen molar-refractivity contribution in [1.29, 1.82) is 0 Å². The number of hydrogen-bond acceptors (Lipinski definition) is 4. The van der Waals surface area contributed by atoms with E-state index in [1.165, 1.54) is 6.42 Å². The molecule has 1 spiro atoms. The number of carbonyl (C=O) groups excluding carboxylic acids is 1. The van der Waals surface area contributed by atoms with Gasteiger partial charge in [-0.1, -0.05) is 30.9 Å². The molecule has 0 unspecified atom stereocenters. The minimum atomic E-state index is -0.383. The van der Waals surface area contributed by atoms with E-state index in [1.54, 1.807) is 0 Å². The van der Waals surface area contributed by atoms with E-state index in [4.69, 9.17) is 16.0 Å². The van der Waals surface area contributed by atoms with Crippen molar-refractivity contribution in [2.75, 3.05) is 39.5 Å². The maximum Gasteiger partial charge on any atom is 0.319 e. The number of benzene rings is 1. The lowest BCUT2D eigenvalue weighted by Gasteiger charge is -2.42. The van der Waals surface area contributed by atoms with Gasteiger partial charge in [0.15, 0.2) is 0 Å². The van der Waals surface area contributed by atoms with Crippen molar-refractivity contribution in [3.63, 3.8) is 0 Å². The van der Waals surface area contributed by atoms with Crippen molar-refractivity contribution in [2.24, 2.45) is 0 Å². The molecule has 1 aromatic heterocycles. The standard InChI is InChI=1S/C22H31ClN4O2/c1-26(2)10-7-11-27(3)14-16-12-15-13-17(23)19-18(20(15)29-16)22(25-21(28)24-19)8-5-4-6-9-22/h12-13H,4-11,14H2,1-3H3,(H2,24,25,28). The van der Waals surface area contributed by atoms with Crippen molar-refractivity contribution < 1.29 is 9.21 Å². The van der Waals surface area contributed by atoms with Gasteiger partial charge in [0.2, 0.25) is 0 Å². The Kier molecular flexibility index (Phi) is 5.78. The number of furan rings is 1. The number of amides is 2. The highest BCUT2D eigenvalue weighted by Gasteiger charge is 2.43. The average Bonchev–Trinajstić information content (AvgIpc) is 3.03. The van der Waals surface area contributed by atoms with Crippen LogP contribution in [0.5, 0.6) is 0 Å². The molecule has 2 N–H and O–H groups in total. The Labute approximate surface area is 177 Å². The van der Waals surface area contributed by atoms with Crippen LogP contribution in [0.2, 0.25) is 5.02 Å². The van der Waals surface area contributed by atoms with E-state index in [2.05, 4.69) is 47.6 Å².